The van der Waals surface area contributed by atoms with Crippen LogP contribution in [0, 0.1) is 0 Å². The van der Waals surface area contributed by atoms with Gasteiger partial charge in [0.25, 0.3) is 5.56 Å². The van der Waals surface area contributed by atoms with Crippen molar-refractivity contribution in [1.82, 2.24) is 14.1 Å². The van der Waals surface area contributed by atoms with E-state index in [1.807, 2.05) is 53.8 Å². The molecule has 5 rings (SSSR count). The molecule has 0 N–H and O–H groups in total. The number of fused-ring (bicyclic) bond motifs is 3. The van der Waals surface area contributed by atoms with Crippen LogP contribution in [0.1, 0.15) is 5.56 Å². The summed E-state index contributed by atoms with van der Waals surface area (Å²) in [7, 11) is 1.76. The molecule has 0 spiro atoms. The van der Waals surface area contributed by atoms with E-state index in [-0.39, 0.29) is 5.56 Å². The maximum atomic E-state index is 12.6. The Balaban J connectivity index is 1.64. The largest absolute Gasteiger partial charge is 0.314 e. The summed E-state index contributed by atoms with van der Waals surface area (Å²) in [6.45, 7) is 0. The van der Waals surface area contributed by atoms with Crippen LogP contribution in [0.3, 0.4) is 0 Å². The Kier molecular flexibility index (Phi) is 3.47. The van der Waals surface area contributed by atoms with Crippen LogP contribution < -0.4 is 21.2 Å². The number of aromatic nitrogens is 3. The summed E-state index contributed by atoms with van der Waals surface area (Å²) in [5.74, 6) is 0.708. The fourth-order valence-electron chi connectivity index (χ4n) is 3.55. The monoisotopic (exact) mass is 354 g/mol. The SMILES string of the molecule is Cn1cc(N2C=Cn3c(cc4c3=CC=CC4)=C2)nc(-c2ccccc2)c1=O. The third-order valence-electron chi connectivity index (χ3n) is 4.93. The van der Waals surface area contributed by atoms with Crippen LogP contribution in [0.25, 0.3) is 29.7 Å². The summed E-state index contributed by atoms with van der Waals surface area (Å²) in [5, 5.41) is 2.32. The second-order valence-electron chi connectivity index (χ2n) is 6.71. The zero-order valence-corrected chi connectivity index (χ0v) is 14.9. The molecule has 3 heterocycles. The molecule has 0 saturated carbocycles. The van der Waals surface area contributed by atoms with E-state index in [9.17, 15) is 4.79 Å². The first-order valence-corrected chi connectivity index (χ1v) is 8.89. The average molecular weight is 354 g/mol. The Morgan fingerprint density at radius 2 is 1.96 bits per heavy atom. The highest BCUT2D eigenvalue weighted by Gasteiger charge is 2.14. The Hall–Kier alpha value is -3.60. The van der Waals surface area contributed by atoms with Gasteiger partial charge in [0.2, 0.25) is 0 Å². The molecule has 1 aromatic carbocycles. The van der Waals surface area contributed by atoms with E-state index >= 15 is 0 Å². The van der Waals surface area contributed by atoms with Crippen molar-refractivity contribution in [3.8, 4) is 11.3 Å². The number of nitrogens with zero attached hydrogens (tertiary/aromatic N) is 4. The molecule has 0 radical (unpaired) electrons. The predicted molar refractivity (Wildman–Crippen MR) is 108 cm³/mol. The number of allylic oxidation sites excluding steroid dienone is 2. The Bertz CT molecular complexity index is 1280. The van der Waals surface area contributed by atoms with E-state index in [4.69, 9.17) is 0 Å². The van der Waals surface area contributed by atoms with Crippen LogP contribution in [-0.2, 0) is 13.5 Å². The Labute approximate surface area is 156 Å². The summed E-state index contributed by atoms with van der Waals surface area (Å²) in [6.07, 6.45) is 15.2. The van der Waals surface area contributed by atoms with Crippen molar-refractivity contribution in [1.29, 1.82) is 0 Å². The fraction of sp³-hybridized carbons (Fsp3) is 0.0909. The summed E-state index contributed by atoms with van der Waals surface area (Å²) in [5.41, 5.74) is 2.48. The van der Waals surface area contributed by atoms with Crippen molar-refractivity contribution in [2.45, 2.75) is 6.42 Å². The van der Waals surface area contributed by atoms with E-state index in [0.717, 1.165) is 17.3 Å². The number of hydrogen-bond donors (Lipinski definition) is 0. The van der Waals surface area contributed by atoms with Gasteiger partial charge in [0.1, 0.15) is 5.69 Å². The van der Waals surface area contributed by atoms with Crippen molar-refractivity contribution in [2.75, 3.05) is 4.90 Å². The first kappa shape index (κ1) is 15.6. The summed E-state index contributed by atoms with van der Waals surface area (Å²) < 4.78 is 3.76. The lowest BCUT2D eigenvalue weighted by atomic mass is 10.1. The molecule has 0 atom stereocenters. The van der Waals surface area contributed by atoms with Crippen molar-refractivity contribution < 1.29 is 0 Å². The number of anilines is 1. The standard InChI is InChI=1S/C22H18N4O/c1-24-15-20(23-21(22(24)27)16-7-3-2-4-8-16)25-11-12-26-18(14-25)13-17-9-5-6-10-19(17)26/h2-8,10-15H,9H2,1H3. The second kappa shape index (κ2) is 5.99. The van der Waals surface area contributed by atoms with Crippen molar-refractivity contribution in [3.05, 3.63) is 87.6 Å². The van der Waals surface area contributed by atoms with E-state index < -0.39 is 0 Å². The van der Waals surface area contributed by atoms with E-state index in [1.54, 1.807) is 17.8 Å². The second-order valence-corrected chi connectivity index (χ2v) is 6.71. The molecule has 1 aliphatic carbocycles. The number of aryl methyl sites for hydroxylation is 1. The molecular weight excluding hydrogens is 336 g/mol. The Morgan fingerprint density at radius 1 is 1.11 bits per heavy atom. The van der Waals surface area contributed by atoms with E-state index in [2.05, 4.69) is 33.8 Å². The lowest BCUT2D eigenvalue weighted by Crippen LogP contribution is -2.31. The molecule has 132 valence electrons. The molecular formula is C22H18N4O. The number of hydrogen-bond acceptors (Lipinski definition) is 3. The van der Waals surface area contributed by atoms with Gasteiger partial charge in [0, 0.05) is 36.6 Å². The molecule has 2 aliphatic rings. The van der Waals surface area contributed by atoms with Crippen LogP contribution in [0.15, 0.2) is 65.7 Å². The van der Waals surface area contributed by atoms with Crippen LogP contribution >= 0.6 is 0 Å². The van der Waals surface area contributed by atoms with Gasteiger partial charge in [-0.05, 0) is 24.1 Å². The molecule has 5 nitrogen and oxygen atoms in total. The van der Waals surface area contributed by atoms with Gasteiger partial charge in [0.05, 0.1) is 11.5 Å². The van der Waals surface area contributed by atoms with Crippen molar-refractivity contribution >= 4 is 24.3 Å². The van der Waals surface area contributed by atoms with Gasteiger partial charge in [-0.2, -0.15) is 0 Å². The summed E-state index contributed by atoms with van der Waals surface area (Å²) in [6, 6.07) is 11.8. The minimum absolute atomic E-state index is 0.106. The van der Waals surface area contributed by atoms with Gasteiger partial charge in [-0.1, -0.05) is 42.5 Å². The summed E-state index contributed by atoms with van der Waals surface area (Å²) >= 11 is 0. The van der Waals surface area contributed by atoms with Gasteiger partial charge in [-0.25, -0.2) is 4.98 Å². The zero-order chi connectivity index (χ0) is 18.4. The van der Waals surface area contributed by atoms with Gasteiger partial charge in [-0.15, -0.1) is 0 Å². The lowest BCUT2D eigenvalue weighted by Gasteiger charge is -2.19. The zero-order valence-electron chi connectivity index (χ0n) is 14.9. The van der Waals surface area contributed by atoms with Crippen LogP contribution in [0.5, 0.6) is 0 Å². The summed E-state index contributed by atoms with van der Waals surface area (Å²) in [4.78, 5) is 19.2. The van der Waals surface area contributed by atoms with Crippen LogP contribution in [0.2, 0.25) is 0 Å². The highest BCUT2D eigenvalue weighted by atomic mass is 16.1. The molecule has 2 aromatic heterocycles. The molecule has 0 fully saturated rings. The van der Waals surface area contributed by atoms with Crippen LogP contribution in [0.4, 0.5) is 5.82 Å². The molecule has 5 heteroatoms. The van der Waals surface area contributed by atoms with E-state index in [0.29, 0.717) is 11.5 Å². The first-order valence-electron chi connectivity index (χ1n) is 8.89. The van der Waals surface area contributed by atoms with E-state index in [1.165, 1.54) is 10.9 Å². The smallest absolute Gasteiger partial charge is 0.276 e. The van der Waals surface area contributed by atoms with Crippen LogP contribution in [-0.4, -0.2) is 14.1 Å². The quantitative estimate of drug-likeness (QED) is 0.705. The van der Waals surface area contributed by atoms with Crippen molar-refractivity contribution in [2.24, 2.45) is 7.05 Å². The van der Waals surface area contributed by atoms with Gasteiger partial charge >= 0.3 is 0 Å². The maximum Gasteiger partial charge on any atom is 0.276 e. The third kappa shape index (κ3) is 2.56. The predicted octanol–water partition coefficient (Wildman–Crippen LogP) is 1.83. The highest BCUT2D eigenvalue weighted by molar-refractivity contribution is 5.66. The normalized spacial score (nSPS) is 14.3. The minimum atomic E-state index is -0.106. The fourth-order valence-corrected chi connectivity index (χ4v) is 3.55. The molecule has 0 amide bonds. The van der Waals surface area contributed by atoms with Gasteiger partial charge < -0.3 is 14.0 Å². The molecule has 3 aromatic rings. The topological polar surface area (TPSA) is 43.1 Å². The lowest BCUT2D eigenvalue weighted by molar-refractivity contribution is 0.842. The first-order chi connectivity index (χ1) is 13.2. The molecule has 27 heavy (non-hydrogen) atoms. The van der Waals surface area contributed by atoms with Crippen molar-refractivity contribution in [3.63, 3.8) is 0 Å². The molecule has 0 saturated heterocycles. The Morgan fingerprint density at radius 3 is 2.81 bits per heavy atom. The van der Waals surface area contributed by atoms with Gasteiger partial charge in [0.15, 0.2) is 5.82 Å². The molecule has 0 unspecified atom stereocenters. The maximum absolute atomic E-state index is 12.6. The third-order valence-corrected chi connectivity index (χ3v) is 4.93. The minimum Gasteiger partial charge on any atom is -0.314 e. The highest BCUT2D eigenvalue weighted by Crippen LogP contribution is 2.18. The number of benzene rings is 1. The number of rotatable bonds is 2. The molecule has 0 bridgehead atoms. The van der Waals surface area contributed by atoms with Gasteiger partial charge in [-0.3, -0.25) is 4.79 Å². The average Bonchev–Trinajstić information content (AvgIpc) is 3.08. The molecule has 1 aliphatic heterocycles.